The molecule has 2 N–H and O–H groups in total. The number of carboxylic acids is 1. The normalized spacial score (nSPS) is 24.5. The summed E-state index contributed by atoms with van der Waals surface area (Å²) in [6.45, 7) is 1.65. The lowest BCUT2D eigenvalue weighted by atomic mass is 10.1. The molecule has 1 fully saturated rings. The summed E-state index contributed by atoms with van der Waals surface area (Å²) >= 11 is 0. The highest BCUT2D eigenvalue weighted by Gasteiger charge is 2.20. The Bertz CT molecular complexity index is 184. The Kier molecular flexibility index (Phi) is 4.90. The molecule has 0 amide bonds. The highest BCUT2D eigenvalue weighted by atomic mass is 16.4. The van der Waals surface area contributed by atoms with Gasteiger partial charge in [0.15, 0.2) is 0 Å². The van der Waals surface area contributed by atoms with Crippen molar-refractivity contribution in [2.45, 2.75) is 38.1 Å². The van der Waals surface area contributed by atoms with Crippen LogP contribution in [0.1, 0.15) is 32.1 Å². The van der Waals surface area contributed by atoms with Crippen molar-refractivity contribution in [1.29, 1.82) is 0 Å². The minimum Gasteiger partial charge on any atom is -0.481 e. The molecule has 1 atom stereocenters. The number of carbonyl (C=O) groups is 1. The van der Waals surface area contributed by atoms with E-state index < -0.39 is 5.97 Å². The molecule has 0 aromatic heterocycles. The zero-order valence-electron chi connectivity index (χ0n) is 8.48. The van der Waals surface area contributed by atoms with Gasteiger partial charge < -0.3 is 10.2 Å². The van der Waals surface area contributed by atoms with Crippen LogP contribution in [0.2, 0.25) is 0 Å². The molecule has 0 spiro atoms. The van der Waals surface area contributed by atoms with Gasteiger partial charge in [-0.25, -0.2) is 0 Å². The fraction of sp³-hybridized carbons (Fsp3) is 0.900. The standard InChI is InChI=1S/C10H19NO3/c12-8-9-4-2-1-3-6-11(9)7-5-10(13)14/h9,12H,1-8H2,(H,13,14). The third kappa shape index (κ3) is 3.64. The highest BCUT2D eigenvalue weighted by molar-refractivity contribution is 5.66. The van der Waals surface area contributed by atoms with Gasteiger partial charge in [-0.2, -0.15) is 0 Å². The van der Waals surface area contributed by atoms with Crippen LogP contribution in [-0.2, 0) is 4.79 Å². The van der Waals surface area contributed by atoms with Crippen LogP contribution in [0, 0.1) is 0 Å². The van der Waals surface area contributed by atoms with Gasteiger partial charge in [0.05, 0.1) is 13.0 Å². The molecule has 0 aromatic carbocycles. The quantitative estimate of drug-likeness (QED) is 0.703. The van der Waals surface area contributed by atoms with Crippen molar-refractivity contribution in [2.75, 3.05) is 19.7 Å². The van der Waals surface area contributed by atoms with E-state index in [9.17, 15) is 4.79 Å². The van der Waals surface area contributed by atoms with Gasteiger partial charge in [0.1, 0.15) is 0 Å². The van der Waals surface area contributed by atoms with Gasteiger partial charge in [-0.15, -0.1) is 0 Å². The van der Waals surface area contributed by atoms with Crippen molar-refractivity contribution in [3.63, 3.8) is 0 Å². The molecule has 1 heterocycles. The Hall–Kier alpha value is -0.610. The van der Waals surface area contributed by atoms with Gasteiger partial charge in [-0.05, 0) is 19.4 Å². The molecule has 4 heteroatoms. The fourth-order valence-corrected chi connectivity index (χ4v) is 1.98. The zero-order valence-corrected chi connectivity index (χ0v) is 8.48. The number of aliphatic hydroxyl groups excluding tert-OH is 1. The maximum absolute atomic E-state index is 10.4. The Labute approximate surface area is 84.5 Å². The average Bonchev–Trinajstić information content (AvgIpc) is 2.38. The van der Waals surface area contributed by atoms with Crippen LogP contribution >= 0.6 is 0 Å². The van der Waals surface area contributed by atoms with E-state index in [2.05, 4.69) is 4.90 Å². The van der Waals surface area contributed by atoms with E-state index in [1.807, 2.05) is 0 Å². The van der Waals surface area contributed by atoms with Crippen LogP contribution in [0.3, 0.4) is 0 Å². The van der Waals surface area contributed by atoms with E-state index in [4.69, 9.17) is 10.2 Å². The maximum atomic E-state index is 10.4. The first-order chi connectivity index (χ1) is 6.74. The fourth-order valence-electron chi connectivity index (χ4n) is 1.98. The smallest absolute Gasteiger partial charge is 0.304 e. The second-order valence-electron chi connectivity index (χ2n) is 3.87. The molecular formula is C10H19NO3. The summed E-state index contributed by atoms with van der Waals surface area (Å²) in [5.41, 5.74) is 0. The van der Waals surface area contributed by atoms with Gasteiger partial charge in [0.2, 0.25) is 0 Å². The number of hydrogen-bond acceptors (Lipinski definition) is 3. The van der Waals surface area contributed by atoms with Gasteiger partial charge >= 0.3 is 5.97 Å². The molecule has 4 nitrogen and oxygen atoms in total. The monoisotopic (exact) mass is 201 g/mol. The Morgan fingerprint density at radius 1 is 1.36 bits per heavy atom. The third-order valence-corrected chi connectivity index (χ3v) is 2.82. The lowest BCUT2D eigenvalue weighted by molar-refractivity contribution is -0.137. The van der Waals surface area contributed by atoms with E-state index in [1.54, 1.807) is 0 Å². The van der Waals surface area contributed by atoms with E-state index in [0.717, 1.165) is 25.8 Å². The molecule has 14 heavy (non-hydrogen) atoms. The first-order valence-corrected chi connectivity index (χ1v) is 5.30. The maximum Gasteiger partial charge on any atom is 0.304 e. The lowest BCUT2D eigenvalue weighted by Gasteiger charge is -2.27. The molecule has 0 radical (unpaired) electrons. The lowest BCUT2D eigenvalue weighted by Crippen LogP contribution is -2.38. The highest BCUT2D eigenvalue weighted by Crippen LogP contribution is 2.16. The van der Waals surface area contributed by atoms with Crippen LogP contribution in [0.4, 0.5) is 0 Å². The topological polar surface area (TPSA) is 60.8 Å². The zero-order chi connectivity index (χ0) is 10.4. The van der Waals surface area contributed by atoms with Crippen LogP contribution in [0.25, 0.3) is 0 Å². The molecule has 1 rings (SSSR count). The average molecular weight is 201 g/mol. The Morgan fingerprint density at radius 2 is 2.14 bits per heavy atom. The number of aliphatic hydroxyl groups is 1. The van der Waals surface area contributed by atoms with Crippen molar-refractivity contribution in [2.24, 2.45) is 0 Å². The van der Waals surface area contributed by atoms with Crippen LogP contribution < -0.4 is 0 Å². The third-order valence-electron chi connectivity index (χ3n) is 2.82. The summed E-state index contributed by atoms with van der Waals surface area (Å²) in [5.74, 6) is -0.758. The van der Waals surface area contributed by atoms with Gasteiger partial charge in [0, 0.05) is 12.6 Å². The van der Waals surface area contributed by atoms with E-state index in [-0.39, 0.29) is 19.1 Å². The SMILES string of the molecule is O=C(O)CCN1CCCCCC1CO. The Balaban J connectivity index is 2.39. The summed E-state index contributed by atoms with van der Waals surface area (Å²) in [4.78, 5) is 12.5. The second kappa shape index (κ2) is 5.98. The molecule has 1 aliphatic rings. The predicted molar refractivity (Wildman–Crippen MR) is 53.2 cm³/mol. The number of nitrogens with zero attached hydrogens (tertiary/aromatic N) is 1. The van der Waals surface area contributed by atoms with E-state index >= 15 is 0 Å². The minimum atomic E-state index is -0.758. The van der Waals surface area contributed by atoms with Crippen molar-refractivity contribution in [3.8, 4) is 0 Å². The molecule has 1 aliphatic heterocycles. The van der Waals surface area contributed by atoms with Crippen molar-refractivity contribution < 1.29 is 15.0 Å². The van der Waals surface area contributed by atoms with Crippen molar-refractivity contribution >= 4 is 5.97 Å². The summed E-state index contributed by atoms with van der Waals surface area (Å²) in [5, 5.41) is 17.7. The van der Waals surface area contributed by atoms with Gasteiger partial charge in [-0.1, -0.05) is 12.8 Å². The first-order valence-electron chi connectivity index (χ1n) is 5.30. The Morgan fingerprint density at radius 3 is 2.79 bits per heavy atom. The second-order valence-corrected chi connectivity index (χ2v) is 3.87. The number of rotatable bonds is 4. The van der Waals surface area contributed by atoms with Crippen molar-refractivity contribution in [1.82, 2.24) is 4.90 Å². The number of aliphatic carboxylic acids is 1. The molecule has 82 valence electrons. The number of hydrogen-bond donors (Lipinski definition) is 2. The van der Waals surface area contributed by atoms with Crippen LogP contribution in [-0.4, -0.2) is 46.8 Å². The molecule has 0 aromatic rings. The van der Waals surface area contributed by atoms with E-state index in [1.165, 1.54) is 6.42 Å². The summed E-state index contributed by atoms with van der Waals surface area (Å²) in [6, 6.07) is 0.178. The molecule has 0 bridgehead atoms. The molecule has 1 saturated heterocycles. The molecule has 0 aliphatic carbocycles. The molecule has 1 unspecified atom stereocenters. The van der Waals surface area contributed by atoms with Crippen molar-refractivity contribution in [3.05, 3.63) is 0 Å². The first kappa shape index (κ1) is 11.5. The van der Waals surface area contributed by atoms with Crippen LogP contribution in [0.15, 0.2) is 0 Å². The molecule has 0 saturated carbocycles. The predicted octanol–water partition coefficient (Wildman–Crippen LogP) is 0.698. The summed E-state index contributed by atoms with van der Waals surface area (Å²) in [6.07, 6.45) is 4.64. The minimum absolute atomic E-state index is 0.152. The summed E-state index contributed by atoms with van der Waals surface area (Å²) < 4.78 is 0. The van der Waals surface area contributed by atoms with Gasteiger partial charge in [-0.3, -0.25) is 9.69 Å². The number of likely N-dealkylation sites (tertiary alicyclic amines) is 1. The van der Waals surface area contributed by atoms with Crippen LogP contribution in [0.5, 0.6) is 0 Å². The molecular weight excluding hydrogens is 182 g/mol. The largest absolute Gasteiger partial charge is 0.481 e. The van der Waals surface area contributed by atoms with Gasteiger partial charge in [0.25, 0.3) is 0 Å². The van der Waals surface area contributed by atoms with E-state index in [0.29, 0.717) is 6.54 Å². The summed E-state index contributed by atoms with van der Waals surface area (Å²) in [7, 11) is 0. The number of carboxylic acid groups (broad SMARTS) is 1.